The second-order valence-corrected chi connectivity index (χ2v) is 10.0. The molecule has 0 unspecified atom stereocenters. The first kappa shape index (κ1) is 25.7. The predicted octanol–water partition coefficient (Wildman–Crippen LogP) is 6.73. The topological polar surface area (TPSA) is 44.1 Å². The van der Waals surface area contributed by atoms with E-state index in [0.717, 1.165) is 54.6 Å². The molecule has 3 aromatic rings. The highest BCUT2D eigenvalue weighted by Gasteiger charge is 2.19. The molecule has 4 heteroatoms. The third kappa shape index (κ3) is 7.06. The van der Waals surface area contributed by atoms with E-state index in [1.165, 1.54) is 5.56 Å². The third-order valence-corrected chi connectivity index (χ3v) is 5.89. The maximum Gasteiger partial charge on any atom is 0.293 e. The molecular weight excluding hydrogens is 420 g/mol. The zero-order valence-corrected chi connectivity index (χ0v) is 21.5. The van der Waals surface area contributed by atoms with Gasteiger partial charge in [-0.05, 0) is 66.8 Å². The van der Waals surface area contributed by atoms with E-state index < -0.39 is 0 Å². The van der Waals surface area contributed by atoms with Crippen LogP contribution in [-0.4, -0.2) is 16.2 Å². The Bertz CT molecular complexity index is 1100. The molecule has 0 amide bonds. The summed E-state index contributed by atoms with van der Waals surface area (Å²) in [5.74, 6) is 1.45. The summed E-state index contributed by atoms with van der Waals surface area (Å²) in [5.41, 5.74) is 5.47. The van der Waals surface area contributed by atoms with Crippen molar-refractivity contribution < 1.29 is 4.74 Å². The van der Waals surface area contributed by atoms with Crippen LogP contribution in [0.3, 0.4) is 0 Å². The highest BCUT2D eigenvalue weighted by atomic mass is 16.5. The smallest absolute Gasteiger partial charge is 0.293 e. The maximum absolute atomic E-state index is 13.7. The number of hydrogen-bond donors (Lipinski definition) is 0. The van der Waals surface area contributed by atoms with Crippen molar-refractivity contribution in [2.24, 2.45) is 11.8 Å². The summed E-state index contributed by atoms with van der Waals surface area (Å²) in [7, 11) is 0. The molecule has 0 aliphatic heterocycles. The van der Waals surface area contributed by atoms with Gasteiger partial charge in [0.1, 0.15) is 0 Å². The van der Waals surface area contributed by atoms with E-state index in [9.17, 15) is 4.79 Å². The SMILES string of the molecule is CCCCOc1cc(CC(C)C)c(-c2ccnc(CC(C)C)c2)n(CCc2ccccc2)c1=O. The zero-order chi connectivity index (χ0) is 24.5. The maximum atomic E-state index is 13.7. The van der Waals surface area contributed by atoms with Crippen molar-refractivity contribution in [1.82, 2.24) is 9.55 Å². The summed E-state index contributed by atoms with van der Waals surface area (Å²) in [6.07, 6.45) is 6.44. The Morgan fingerprint density at radius 1 is 0.971 bits per heavy atom. The number of unbranched alkanes of at least 4 members (excludes halogenated alkanes) is 1. The minimum Gasteiger partial charge on any atom is -0.488 e. The Morgan fingerprint density at radius 2 is 1.71 bits per heavy atom. The molecule has 34 heavy (non-hydrogen) atoms. The number of aromatic nitrogens is 2. The molecule has 0 aliphatic rings. The first-order valence-electron chi connectivity index (χ1n) is 12.8. The van der Waals surface area contributed by atoms with E-state index in [-0.39, 0.29) is 5.56 Å². The molecule has 1 aromatic carbocycles. The van der Waals surface area contributed by atoms with Crippen LogP contribution < -0.4 is 10.3 Å². The summed E-state index contributed by atoms with van der Waals surface area (Å²) in [6.45, 7) is 12.2. The van der Waals surface area contributed by atoms with Gasteiger partial charge in [-0.3, -0.25) is 9.78 Å². The molecule has 0 saturated carbocycles. The molecular formula is C30H40N2O2. The van der Waals surface area contributed by atoms with Crippen LogP contribution in [0, 0.1) is 11.8 Å². The molecule has 0 radical (unpaired) electrons. The average molecular weight is 461 g/mol. The fourth-order valence-electron chi connectivity index (χ4n) is 4.32. The number of aryl methyl sites for hydroxylation is 1. The van der Waals surface area contributed by atoms with Gasteiger partial charge in [-0.25, -0.2) is 0 Å². The number of ether oxygens (including phenoxy) is 1. The molecule has 2 heterocycles. The van der Waals surface area contributed by atoms with E-state index in [4.69, 9.17) is 4.74 Å². The Balaban J connectivity index is 2.14. The average Bonchev–Trinajstić information content (AvgIpc) is 2.80. The lowest BCUT2D eigenvalue weighted by molar-refractivity contribution is 0.302. The van der Waals surface area contributed by atoms with Crippen LogP contribution in [0.15, 0.2) is 59.5 Å². The lowest BCUT2D eigenvalue weighted by atomic mass is 9.96. The van der Waals surface area contributed by atoms with Gasteiger partial charge in [0.15, 0.2) is 5.75 Å². The number of pyridine rings is 2. The Labute approximate surface area is 205 Å². The third-order valence-electron chi connectivity index (χ3n) is 5.89. The van der Waals surface area contributed by atoms with Crippen LogP contribution >= 0.6 is 0 Å². The molecule has 0 spiro atoms. The summed E-state index contributed by atoms with van der Waals surface area (Å²) < 4.78 is 7.96. The summed E-state index contributed by atoms with van der Waals surface area (Å²) >= 11 is 0. The molecule has 0 fully saturated rings. The normalized spacial score (nSPS) is 11.4. The zero-order valence-electron chi connectivity index (χ0n) is 21.5. The molecule has 3 rings (SSSR count). The van der Waals surface area contributed by atoms with Crippen molar-refractivity contribution in [3.63, 3.8) is 0 Å². The molecule has 0 atom stereocenters. The summed E-state index contributed by atoms with van der Waals surface area (Å²) in [4.78, 5) is 18.3. The molecule has 0 N–H and O–H groups in total. The second-order valence-electron chi connectivity index (χ2n) is 10.0. The van der Waals surface area contributed by atoms with Gasteiger partial charge >= 0.3 is 0 Å². The number of rotatable bonds is 12. The van der Waals surface area contributed by atoms with Crippen LogP contribution in [0.1, 0.15) is 64.3 Å². The van der Waals surface area contributed by atoms with Gasteiger partial charge in [-0.1, -0.05) is 71.4 Å². The van der Waals surface area contributed by atoms with Gasteiger partial charge in [-0.2, -0.15) is 0 Å². The van der Waals surface area contributed by atoms with Crippen molar-refractivity contribution in [3.8, 4) is 17.0 Å². The minimum atomic E-state index is -0.0447. The minimum absolute atomic E-state index is 0.0447. The highest BCUT2D eigenvalue weighted by molar-refractivity contribution is 5.65. The fraction of sp³-hybridized carbons (Fsp3) is 0.467. The summed E-state index contributed by atoms with van der Waals surface area (Å²) in [5, 5.41) is 0. The van der Waals surface area contributed by atoms with E-state index in [2.05, 4.69) is 69.9 Å². The molecule has 0 bridgehead atoms. The van der Waals surface area contributed by atoms with Gasteiger partial charge in [-0.15, -0.1) is 0 Å². The van der Waals surface area contributed by atoms with Gasteiger partial charge in [0.25, 0.3) is 5.56 Å². The van der Waals surface area contributed by atoms with Gasteiger partial charge in [0.05, 0.1) is 12.3 Å². The van der Waals surface area contributed by atoms with Crippen LogP contribution in [0.25, 0.3) is 11.3 Å². The monoisotopic (exact) mass is 460 g/mol. The van der Waals surface area contributed by atoms with Crippen molar-refractivity contribution in [1.29, 1.82) is 0 Å². The van der Waals surface area contributed by atoms with E-state index in [0.29, 0.717) is 30.7 Å². The number of benzene rings is 1. The van der Waals surface area contributed by atoms with Crippen LogP contribution in [0.5, 0.6) is 5.75 Å². The lowest BCUT2D eigenvalue weighted by Gasteiger charge is -2.21. The lowest BCUT2D eigenvalue weighted by Crippen LogP contribution is -2.26. The molecule has 0 aliphatic carbocycles. The molecule has 182 valence electrons. The van der Waals surface area contributed by atoms with Crippen molar-refractivity contribution in [3.05, 3.63) is 81.9 Å². The summed E-state index contributed by atoms with van der Waals surface area (Å²) in [6, 6.07) is 16.6. The number of hydrogen-bond acceptors (Lipinski definition) is 3. The Morgan fingerprint density at radius 3 is 2.38 bits per heavy atom. The van der Waals surface area contributed by atoms with Gasteiger partial charge in [0, 0.05) is 24.0 Å². The van der Waals surface area contributed by atoms with Gasteiger partial charge in [0.2, 0.25) is 0 Å². The van der Waals surface area contributed by atoms with Crippen molar-refractivity contribution >= 4 is 0 Å². The molecule has 0 saturated heterocycles. The van der Waals surface area contributed by atoms with Crippen LogP contribution in [-0.2, 0) is 25.8 Å². The Kier molecular flexibility index (Phi) is 9.50. The predicted molar refractivity (Wildman–Crippen MR) is 142 cm³/mol. The van der Waals surface area contributed by atoms with Crippen LogP contribution in [0.2, 0.25) is 0 Å². The van der Waals surface area contributed by atoms with E-state index in [1.54, 1.807) is 0 Å². The van der Waals surface area contributed by atoms with E-state index >= 15 is 0 Å². The highest BCUT2D eigenvalue weighted by Crippen LogP contribution is 2.29. The van der Waals surface area contributed by atoms with Crippen LogP contribution in [0.4, 0.5) is 0 Å². The molecule has 4 nitrogen and oxygen atoms in total. The fourth-order valence-corrected chi connectivity index (χ4v) is 4.32. The van der Waals surface area contributed by atoms with Crippen molar-refractivity contribution in [2.75, 3.05) is 6.61 Å². The Hall–Kier alpha value is -2.88. The van der Waals surface area contributed by atoms with Crippen molar-refractivity contribution in [2.45, 2.75) is 73.3 Å². The van der Waals surface area contributed by atoms with Gasteiger partial charge < -0.3 is 9.30 Å². The quantitative estimate of drug-likeness (QED) is 0.282. The first-order chi connectivity index (χ1) is 16.4. The largest absolute Gasteiger partial charge is 0.488 e. The molecule has 2 aromatic heterocycles. The number of nitrogens with zero attached hydrogens (tertiary/aromatic N) is 2. The first-order valence-corrected chi connectivity index (χ1v) is 12.8. The van der Waals surface area contributed by atoms with E-state index in [1.807, 2.05) is 29.0 Å². The second kappa shape index (κ2) is 12.5. The standard InChI is InChI=1S/C30H40N2O2/c1-6-7-17-34-28-21-26(18-22(2)3)29(25-13-15-31-27(20-25)19-23(4)5)32(30(28)33)16-14-24-11-9-8-10-12-24/h8-13,15,20-23H,6-7,14,16-19H2,1-5H3.